The van der Waals surface area contributed by atoms with Crippen molar-refractivity contribution in [3.05, 3.63) is 60.2 Å². The van der Waals surface area contributed by atoms with E-state index >= 15 is 0 Å². The van der Waals surface area contributed by atoms with Gasteiger partial charge in [-0.1, -0.05) is 42.5 Å². The lowest BCUT2D eigenvalue weighted by Crippen LogP contribution is -2.20. The monoisotopic (exact) mass is 239 g/mol. The molecule has 0 saturated carbocycles. The highest BCUT2D eigenvalue weighted by atomic mass is 32.2. The summed E-state index contributed by atoms with van der Waals surface area (Å²) in [7, 11) is 0. The molecule has 17 heavy (non-hydrogen) atoms. The zero-order valence-corrected chi connectivity index (χ0v) is 10.4. The quantitative estimate of drug-likeness (QED) is 0.718. The highest BCUT2D eigenvalue weighted by Gasteiger charge is 2.29. The lowest BCUT2D eigenvalue weighted by atomic mass is 10.0. The average Bonchev–Trinajstić information content (AvgIpc) is 2.40. The number of aliphatic imine (C=N–C) groups is 1. The Bertz CT molecular complexity index is 562. The fourth-order valence-corrected chi connectivity index (χ4v) is 3.19. The molecule has 84 valence electrons. The zero-order chi connectivity index (χ0) is 11.7. The van der Waals surface area contributed by atoms with E-state index in [1.807, 2.05) is 23.9 Å². The van der Waals surface area contributed by atoms with Crippen LogP contribution in [-0.2, 0) is 4.75 Å². The third kappa shape index (κ3) is 1.89. The van der Waals surface area contributed by atoms with E-state index < -0.39 is 0 Å². The van der Waals surface area contributed by atoms with E-state index in [0.717, 1.165) is 5.69 Å². The molecule has 2 heteroatoms. The molecule has 2 aromatic rings. The molecular weight excluding hydrogens is 226 g/mol. The van der Waals surface area contributed by atoms with Crippen molar-refractivity contribution in [1.29, 1.82) is 0 Å². The van der Waals surface area contributed by atoms with Crippen LogP contribution in [0.1, 0.15) is 12.5 Å². The van der Waals surface area contributed by atoms with E-state index in [1.54, 1.807) is 0 Å². The van der Waals surface area contributed by atoms with Crippen LogP contribution in [0.3, 0.4) is 0 Å². The molecule has 0 saturated heterocycles. The topological polar surface area (TPSA) is 12.4 Å². The number of hydrogen-bond donors (Lipinski definition) is 0. The fraction of sp³-hybridized carbons (Fsp3) is 0.133. The van der Waals surface area contributed by atoms with Crippen molar-refractivity contribution in [1.82, 2.24) is 0 Å². The number of hydrogen-bond acceptors (Lipinski definition) is 2. The molecule has 0 bridgehead atoms. The summed E-state index contributed by atoms with van der Waals surface area (Å²) < 4.78 is -0.0599. The van der Waals surface area contributed by atoms with Gasteiger partial charge < -0.3 is 0 Å². The van der Waals surface area contributed by atoms with Crippen molar-refractivity contribution in [3.63, 3.8) is 0 Å². The fourth-order valence-electron chi connectivity index (χ4n) is 2.00. The number of rotatable bonds is 1. The smallest absolute Gasteiger partial charge is 0.0779 e. The van der Waals surface area contributed by atoms with E-state index in [9.17, 15) is 0 Å². The number of benzene rings is 2. The number of fused-ring (bicyclic) bond motifs is 1. The molecule has 0 aromatic heterocycles. The minimum atomic E-state index is -0.0599. The van der Waals surface area contributed by atoms with E-state index in [2.05, 4.69) is 60.6 Å². The van der Waals surface area contributed by atoms with Gasteiger partial charge in [0, 0.05) is 11.1 Å². The van der Waals surface area contributed by atoms with Gasteiger partial charge in [0.05, 0.1) is 10.4 Å². The molecule has 1 heterocycles. The maximum atomic E-state index is 4.58. The molecule has 3 rings (SSSR count). The minimum Gasteiger partial charge on any atom is -0.258 e. The average molecular weight is 239 g/mol. The molecule has 0 N–H and O–H groups in total. The Morgan fingerprint density at radius 3 is 2.47 bits per heavy atom. The molecule has 0 amide bonds. The van der Waals surface area contributed by atoms with Crippen molar-refractivity contribution in [2.75, 3.05) is 0 Å². The Kier molecular flexibility index (Phi) is 2.52. The van der Waals surface area contributed by atoms with Crippen molar-refractivity contribution < 1.29 is 0 Å². The van der Waals surface area contributed by atoms with Gasteiger partial charge in [0.15, 0.2) is 0 Å². The van der Waals surface area contributed by atoms with Gasteiger partial charge in [-0.05, 0) is 24.6 Å². The Balaban J connectivity index is 2.04. The molecular formula is C15H13NS. The Labute approximate surface area is 106 Å². The summed E-state index contributed by atoms with van der Waals surface area (Å²) in [6.45, 7) is 2.21. The van der Waals surface area contributed by atoms with E-state index in [0.29, 0.717) is 0 Å². The lowest BCUT2D eigenvalue weighted by molar-refractivity contribution is 0.944. The van der Waals surface area contributed by atoms with Gasteiger partial charge in [0.2, 0.25) is 0 Å². The van der Waals surface area contributed by atoms with Crippen LogP contribution < -0.4 is 0 Å². The number of para-hydroxylation sites is 1. The molecule has 0 spiro atoms. The molecule has 1 unspecified atom stereocenters. The summed E-state index contributed by atoms with van der Waals surface area (Å²) in [5.74, 6) is 0. The normalized spacial score (nSPS) is 22.2. The van der Waals surface area contributed by atoms with Crippen LogP contribution >= 0.6 is 11.8 Å². The third-order valence-electron chi connectivity index (χ3n) is 2.98. The van der Waals surface area contributed by atoms with Gasteiger partial charge in [0.1, 0.15) is 0 Å². The van der Waals surface area contributed by atoms with E-state index in [-0.39, 0.29) is 4.75 Å². The largest absolute Gasteiger partial charge is 0.258 e. The maximum Gasteiger partial charge on any atom is 0.0779 e. The van der Waals surface area contributed by atoms with Gasteiger partial charge >= 0.3 is 0 Å². The predicted molar refractivity (Wildman–Crippen MR) is 74.2 cm³/mol. The van der Waals surface area contributed by atoms with Crippen LogP contribution in [0.25, 0.3) is 0 Å². The highest BCUT2D eigenvalue weighted by Crippen LogP contribution is 2.46. The van der Waals surface area contributed by atoms with Crippen LogP contribution in [0.4, 0.5) is 5.69 Å². The second kappa shape index (κ2) is 4.04. The lowest BCUT2D eigenvalue weighted by Gasteiger charge is -2.28. The van der Waals surface area contributed by atoms with Crippen LogP contribution in [0, 0.1) is 0 Å². The van der Waals surface area contributed by atoms with E-state index in [4.69, 9.17) is 0 Å². The van der Waals surface area contributed by atoms with Gasteiger partial charge in [-0.15, -0.1) is 11.8 Å². The second-order valence-electron chi connectivity index (χ2n) is 4.30. The molecule has 2 aromatic carbocycles. The standard InChI is InChI=1S/C15H13NS/c1-15(12-7-3-2-4-8-12)11-16-13-9-5-6-10-14(13)17-15/h2-11H,1H3. The van der Waals surface area contributed by atoms with Crippen LogP contribution in [-0.4, -0.2) is 6.21 Å². The molecule has 1 atom stereocenters. The van der Waals surface area contributed by atoms with Gasteiger partial charge in [0.25, 0.3) is 0 Å². The molecule has 0 fully saturated rings. The molecule has 1 aliphatic heterocycles. The molecule has 0 radical (unpaired) electrons. The summed E-state index contributed by atoms with van der Waals surface area (Å²) in [6.07, 6.45) is 2.05. The van der Waals surface area contributed by atoms with Crippen molar-refractivity contribution in [2.24, 2.45) is 4.99 Å². The molecule has 0 aliphatic carbocycles. The maximum absolute atomic E-state index is 4.58. The van der Waals surface area contributed by atoms with Crippen molar-refractivity contribution in [3.8, 4) is 0 Å². The third-order valence-corrected chi connectivity index (χ3v) is 4.31. The van der Waals surface area contributed by atoms with Crippen molar-refractivity contribution >= 4 is 23.7 Å². The van der Waals surface area contributed by atoms with Crippen molar-refractivity contribution in [2.45, 2.75) is 16.6 Å². The number of thioether (sulfide) groups is 1. The van der Waals surface area contributed by atoms with Gasteiger partial charge in [-0.25, -0.2) is 0 Å². The summed E-state index contributed by atoms with van der Waals surface area (Å²) in [5.41, 5.74) is 2.37. The van der Waals surface area contributed by atoms with Gasteiger partial charge in [-0.3, -0.25) is 4.99 Å². The second-order valence-corrected chi connectivity index (χ2v) is 5.79. The number of nitrogens with zero attached hydrogens (tertiary/aromatic N) is 1. The highest BCUT2D eigenvalue weighted by molar-refractivity contribution is 8.01. The van der Waals surface area contributed by atoms with Crippen LogP contribution in [0.15, 0.2) is 64.5 Å². The SMILES string of the molecule is CC1(c2ccccc2)C=Nc2ccccc2S1. The summed E-state index contributed by atoms with van der Waals surface area (Å²) in [5, 5.41) is 0. The molecule has 1 aliphatic rings. The zero-order valence-electron chi connectivity index (χ0n) is 9.63. The summed E-state index contributed by atoms with van der Waals surface area (Å²) in [4.78, 5) is 5.83. The summed E-state index contributed by atoms with van der Waals surface area (Å²) >= 11 is 1.86. The Hall–Kier alpha value is -1.54. The van der Waals surface area contributed by atoms with Gasteiger partial charge in [-0.2, -0.15) is 0 Å². The first-order valence-electron chi connectivity index (χ1n) is 5.67. The first-order chi connectivity index (χ1) is 8.28. The first-order valence-corrected chi connectivity index (χ1v) is 6.48. The summed E-state index contributed by atoms with van der Waals surface area (Å²) in [6, 6.07) is 18.8. The van der Waals surface area contributed by atoms with Crippen LogP contribution in [0.2, 0.25) is 0 Å². The first kappa shape index (κ1) is 10.6. The van der Waals surface area contributed by atoms with E-state index in [1.165, 1.54) is 10.5 Å². The Morgan fingerprint density at radius 1 is 0.941 bits per heavy atom. The Morgan fingerprint density at radius 2 is 1.65 bits per heavy atom. The minimum absolute atomic E-state index is 0.0599. The predicted octanol–water partition coefficient (Wildman–Crippen LogP) is 4.41. The van der Waals surface area contributed by atoms with Crippen LogP contribution in [0.5, 0.6) is 0 Å². The molecule has 1 nitrogen and oxygen atoms in total.